The third kappa shape index (κ3) is 10.5. The Bertz CT molecular complexity index is 708. The molecule has 0 spiro atoms. The second-order valence-electron chi connectivity index (χ2n) is 13.7. The monoisotopic (exact) mass is 623 g/mol. The maximum absolute atomic E-state index is 6.94. The van der Waals surface area contributed by atoms with Crippen molar-refractivity contribution in [1.29, 1.82) is 0 Å². The number of hydrogen-bond acceptors (Lipinski definition) is 3. The molecule has 0 aromatic rings. The average Bonchev–Trinajstić information content (AvgIpc) is 2.63. The van der Waals surface area contributed by atoms with Gasteiger partial charge >= 0.3 is 0 Å². The molecule has 0 aromatic carbocycles. The van der Waals surface area contributed by atoms with Crippen molar-refractivity contribution in [1.82, 2.24) is 18.7 Å². The van der Waals surface area contributed by atoms with E-state index in [-0.39, 0.29) is 6.04 Å². The van der Waals surface area contributed by atoms with Crippen molar-refractivity contribution in [3.05, 3.63) is 0 Å². The summed E-state index contributed by atoms with van der Waals surface area (Å²) in [7, 11) is 0. The van der Waals surface area contributed by atoms with E-state index < -0.39 is 12.7 Å². The minimum absolute atomic E-state index is 0.197. The molecule has 0 aliphatic rings. The molecule has 0 aromatic heterocycles. The zero-order valence-corrected chi connectivity index (χ0v) is 32.5. The van der Waals surface area contributed by atoms with Gasteiger partial charge in [-0.3, -0.25) is 23.7 Å². The summed E-state index contributed by atoms with van der Waals surface area (Å²) in [6, 6.07) is 3.01. The lowest BCUT2D eigenvalue weighted by Crippen LogP contribution is -2.48. The lowest BCUT2D eigenvalue weighted by atomic mass is 10.3. The standard InChI is InChI=1S/C30H67N5P2S2/c1-21(2)31-30(19-36(38,32(22(3)4)23(5)6)33(24(7)8)25(9)10)20-37(39,34(26(11)12)27(13)14)35(28(15)16)29(17)18/h21-29H,19-20H2,1-18H3. The highest BCUT2D eigenvalue weighted by Crippen LogP contribution is 2.61. The maximum atomic E-state index is 6.94. The number of hydrogen-bond donors (Lipinski definition) is 0. The fourth-order valence-electron chi connectivity index (χ4n) is 6.81. The van der Waals surface area contributed by atoms with E-state index in [1.54, 1.807) is 0 Å². The van der Waals surface area contributed by atoms with Gasteiger partial charge < -0.3 is 0 Å². The van der Waals surface area contributed by atoms with Crippen LogP contribution < -0.4 is 0 Å². The molecule has 0 radical (unpaired) electrons. The van der Waals surface area contributed by atoms with Gasteiger partial charge in [-0.2, -0.15) is 0 Å². The Kier molecular flexibility index (Phi) is 16.9. The first-order valence-corrected chi connectivity index (χ1v) is 21.2. The molecule has 5 nitrogen and oxygen atoms in total. The number of aliphatic imine (C=N–C) groups is 1. The summed E-state index contributed by atoms with van der Waals surface area (Å²) >= 11 is 13.9. The molecule has 0 aliphatic carbocycles. The third-order valence-electron chi connectivity index (χ3n) is 6.89. The van der Waals surface area contributed by atoms with Crippen LogP contribution in [0, 0.1) is 0 Å². The predicted octanol–water partition coefficient (Wildman–Crippen LogP) is 8.93. The van der Waals surface area contributed by atoms with Gasteiger partial charge in [0.15, 0.2) is 0 Å². The lowest BCUT2D eigenvalue weighted by Gasteiger charge is -2.52. The summed E-state index contributed by atoms with van der Waals surface area (Å²) in [5.41, 5.74) is 1.23. The zero-order valence-electron chi connectivity index (χ0n) is 29.1. The van der Waals surface area contributed by atoms with Crippen LogP contribution in [0.15, 0.2) is 4.99 Å². The summed E-state index contributed by atoms with van der Waals surface area (Å²) in [4.78, 5) is 5.38. The summed E-state index contributed by atoms with van der Waals surface area (Å²) in [6.07, 6.45) is -2.79. The molecule has 0 N–H and O–H groups in total. The van der Waals surface area contributed by atoms with Crippen LogP contribution in [-0.2, 0) is 23.6 Å². The van der Waals surface area contributed by atoms with Crippen LogP contribution in [0.25, 0.3) is 0 Å². The second-order valence-corrected chi connectivity index (χ2v) is 22.4. The molecule has 0 saturated carbocycles. The van der Waals surface area contributed by atoms with E-state index in [1.807, 2.05) is 0 Å². The molecule has 0 fully saturated rings. The summed E-state index contributed by atoms with van der Waals surface area (Å²) in [6.45, 7) is 41.3. The number of nitrogens with zero attached hydrogens (tertiary/aromatic N) is 5. The van der Waals surface area contributed by atoms with Crippen molar-refractivity contribution >= 4 is 42.0 Å². The van der Waals surface area contributed by atoms with Crippen molar-refractivity contribution in [2.45, 2.75) is 179 Å². The van der Waals surface area contributed by atoms with Crippen molar-refractivity contribution in [3.8, 4) is 0 Å². The van der Waals surface area contributed by atoms with Crippen LogP contribution in [0.5, 0.6) is 0 Å². The summed E-state index contributed by atoms with van der Waals surface area (Å²) < 4.78 is 10.6. The van der Waals surface area contributed by atoms with E-state index in [0.717, 1.165) is 12.3 Å². The predicted molar refractivity (Wildman–Crippen MR) is 189 cm³/mol. The van der Waals surface area contributed by atoms with Crippen molar-refractivity contribution in [2.75, 3.05) is 12.3 Å². The van der Waals surface area contributed by atoms with Crippen LogP contribution >= 0.6 is 12.7 Å². The fourth-order valence-corrected chi connectivity index (χ4v) is 20.6. The highest BCUT2D eigenvalue weighted by molar-refractivity contribution is 8.13. The van der Waals surface area contributed by atoms with Gasteiger partial charge in [-0.15, -0.1) is 0 Å². The minimum Gasteiger partial charge on any atom is -0.290 e. The Labute approximate surface area is 256 Å². The van der Waals surface area contributed by atoms with Crippen molar-refractivity contribution in [3.63, 3.8) is 0 Å². The topological polar surface area (TPSA) is 25.3 Å². The quantitative estimate of drug-likeness (QED) is 0.119. The molecule has 234 valence electrons. The van der Waals surface area contributed by atoms with E-state index in [0.29, 0.717) is 48.3 Å². The average molecular weight is 624 g/mol. The molecule has 39 heavy (non-hydrogen) atoms. The molecule has 0 amide bonds. The molecular weight excluding hydrogens is 556 g/mol. The molecule has 0 unspecified atom stereocenters. The minimum atomic E-state index is -2.21. The molecule has 0 bridgehead atoms. The molecule has 9 heteroatoms. The Morgan fingerprint density at radius 2 is 0.615 bits per heavy atom. The zero-order chi connectivity index (χ0) is 31.2. The Hall–Kier alpha value is 0.810. The van der Waals surface area contributed by atoms with Gasteiger partial charge in [-0.05, 0) is 125 Å². The Morgan fingerprint density at radius 1 is 0.436 bits per heavy atom. The van der Waals surface area contributed by atoms with Crippen LogP contribution in [0.4, 0.5) is 0 Å². The maximum Gasteiger partial charge on any atom is 0.0840 e. The highest BCUT2D eigenvalue weighted by atomic mass is 32.4. The van der Waals surface area contributed by atoms with Crippen LogP contribution in [-0.4, -0.2) is 91.1 Å². The van der Waals surface area contributed by atoms with Gasteiger partial charge in [0.25, 0.3) is 0 Å². The van der Waals surface area contributed by atoms with Gasteiger partial charge in [-0.1, -0.05) is 23.6 Å². The third-order valence-corrected chi connectivity index (χ3v) is 18.1. The molecular formula is C30H67N5P2S2. The summed E-state index contributed by atoms with van der Waals surface area (Å²) in [5, 5.41) is 0. The lowest BCUT2D eigenvalue weighted by molar-refractivity contribution is 0.255. The van der Waals surface area contributed by atoms with Crippen molar-refractivity contribution < 1.29 is 0 Å². The van der Waals surface area contributed by atoms with Crippen LogP contribution in [0.3, 0.4) is 0 Å². The highest BCUT2D eigenvalue weighted by Gasteiger charge is 2.43. The van der Waals surface area contributed by atoms with E-state index in [9.17, 15) is 0 Å². The molecule has 0 aliphatic heterocycles. The Balaban J connectivity index is 7.46. The van der Waals surface area contributed by atoms with Gasteiger partial charge in [0.2, 0.25) is 0 Å². The smallest absolute Gasteiger partial charge is 0.0840 e. The largest absolute Gasteiger partial charge is 0.290 e. The fraction of sp³-hybridized carbons (Fsp3) is 0.967. The van der Waals surface area contributed by atoms with E-state index in [2.05, 4.69) is 143 Å². The Morgan fingerprint density at radius 3 is 0.744 bits per heavy atom. The van der Waals surface area contributed by atoms with E-state index in [1.165, 1.54) is 5.71 Å². The van der Waals surface area contributed by atoms with Gasteiger partial charge in [0.1, 0.15) is 0 Å². The van der Waals surface area contributed by atoms with Crippen LogP contribution in [0.2, 0.25) is 0 Å². The summed E-state index contributed by atoms with van der Waals surface area (Å²) in [5.74, 6) is 0. The van der Waals surface area contributed by atoms with E-state index >= 15 is 0 Å². The van der Waals surface area contributed by atoms with Crippen molar-refractivity contribution in [2.24, 2.45) is 4.99 Å². The first-order valence-electron chi connectivity index (χ1n) is 15.4. The second kappa shape index (κ2) is 16.6. The van der Waals surface area contributed by atoms with Gasteiger partial charge in [0.05, 0.1) is 12.7 Å². The first-order chi connectivity index (χ1) is 17.6. The normalized spacial score (nSPS) is 14.2. The first kappa shape index (κ1) is 39.8. The molecule has 0 saturated heterocycles. The molecule has 0 rings (SSSR count). The van der Waals surface area contributed by atoms with Crippen LogP contribution in [0.1, 0.15) is 125 Å². The van der Waals surface area contributed by atoms with E-state index in [4.69, 9.17) is 28.6 Å². The van der Waals surface area contributed by atoms with Gasteiger partial charge in [0, 0.05) is 72.4 Å². The number of rotatable bonds is 17. The SMILES string of the molecule is CC(C)N=C(CP(=S)(N(C(C)C)C(C)C)N(C(C)C)C(C)C)CP(=S)(N(C(C)C)C(C)C)N(C(C)C)C(C)C. The molecule has 0 heterocycles. The van der Waals surface area contributed by atoms with Gasteiger partial charge in [-0.25, -0.2) is 0 Å². The molecule has 0 atom stereocenters.